The van der Waals surface area contributed by atoms with Crippen molar-refractivity contribution < 1.29 is 4.52 Å². The largest absolute Gasteiger partial charge is 0.365 e. The van der Waals surface area contributed by atoms with Crippen LogP contribution in [0.15, 0.2) is 108 Å². The van der Waals surface area contributed by atoms with E-state index in [1.54, 1.807) is 35.8 Å². The van der Waals surface area contributed by atoms with Gasteiger partial charge in [-0.05, 0) is 88.7 Å². The van der Waals surface area contributed by atoms with Crippen LogP contribution in [-0.2, 0) is 12.8 Å². The number of aromatic nitrogens is 3. The van der Waals surface area contributed by atoms with E-state index in [4.69, 9.17) is 0 Å². The lowest BCUT2D eigenvalue weighted by Crippen LogP contribution is -2.02. The predicted octanol–water partition coefficient (Wildman–Crippen LogP) is 7.18. The van der Waals surface area contributed by atoms with Gasteiger partial charge < -0.3 is 4.52 Å². The van der Waals surface area contributed by atoms with Gasteiger partial charge in [-0.1, -0.05) is 53.7 Å². The first-order valence-electron chi connectivity index (χ1n) is 11.3. The van der Waals surface area contributed by atoms with E-state index in [1.807, 2.05) is 24.3 Å². The molecule has 3 aromatic carbocycles. The van der Waals surface area contributed by atoms with Crippen LogP contribution in [-0.4, -0.2) is 15.1 Å². The molecule has 0 saturated carbocycles. The number of hydrogen-bond donors (Lipinski definition) is 0. The van der Waals surface area contributed by atoms with E-state index < -0.39 is 0 Å². The minimum atomic E-state index is 0.810. The minimum absolute atomic E-state index is 0.810. The second-order valence-electron chi connectivity index (χ2n) is 8.03. The van der Waals surface area contributed by atoms with Crippen molar-refractivity contribution in [2.75, 3.05) is 0 Å². The molecule has 162 valence electrons. The number of benzene rings is 3. The molecule has 1 aliphatic rings. The summed E-state index contributed by atoms with van der Waals surface area (Å²) in [6.45, 7) is 0. The summed E-state index contributed by atoms with van der Waals surface area (Å²) in [5.41, 5.74) is 3.98. The second kappa shape index (κ2) is 10.0. The molecule has 0 unspecified atom stereocenters. The minimum Gasteiger partial charge on any atom is -0.365 e. The SMILES string of the molecule is c1ccc2c(c1)ccc1c3c(ccc12)CCCC3.c1cnc2ncccc2c1.c1cnoc1. The number of nitrogens with zero attached hydrogens (tertiary/aromatic N) is 3. The zero-order valence-electron chi connectivity index (χ0n) is 18.4. The van der Waals surface area contributed by atoms with E-state index >= 15 is 0 Å². The van der Waals surface area contributed by atoms with Crippen LogP contribution in [0.3, 0.4) is 0 Å². The summed E-state index contributed by atoms with van der Waals surface area (Å²) < 4.78 is 4.33. The molecule has 4 nitrogen and oxygen atoms in total. The molecule has 33 heavy (non-hydrogen) atoms. The molecule has 0 spiro atoms. The van der Waals surface area contributed by atoms with Crippen molar-refractivity contribution in [3.63, 3.8) is 0 Å². The zero-order valence-corrected chi connectivity index (χ0v) is 18.4. The van der Waals surface area contributed by atoms with Gasteiger partial charge in [0.15, 0.2) is 5.65 Å². The van der Waals surface area contributed by atoms with Gasteiger partial charge in [-0.3, -0.25) is 0 Å². The lowest BCUT2D eigenvalue weighted by molar-refractivity contribution is 0.420. The van der Waals surface area contributed by atoms with E-state index in [2.05, 4.69) is 68.2 Å². The molecule has 0 aliphatic heterocycles. The van der Waals surface area contributed by atoms with Crippen LogP contribution in [0.25, 0.3) is 32.6 Å². The highest BCUT2D eigenvalue weighted by molar-refractivity contribution is 6.08. The second-order valence-corrected chi connectivity index (χ2v) is 8.03. The predicted molar refractivity (Wildman–Crippen MR) is 134 cm³/mol. The van der Waals surface area contributed by atoms with Gasteiger partial charge in [0.25, 0.3) is 0 Å². The Morgan fingerprint density at radius 1 is 0.576 bits per heavy atom. The first-order chi connectivity index (χ1) is 16.4. The van der Waals surface area contributed by atoms with Gasteiger partial charge in [-0.2, -0.15) is 0 Å². The average molecular weight is 432 g/mol. The van der Waals surface area contributed by atoms with Gasteiger partial charge in [0.05, 0.1) is 6.20 Å². The number of hydrogen-bond acceptors (Lipinski definition) is 4. The van der Waals surface area contributed by atoms with Crippen LogP contribution < -0.4 is 0 Å². The molecule has 1 aliphatic carbocycles. The van der Waals surface area contributed by atoms with Crippen molar-refractivity contribution in [1.29, 1.82) is 0 Å². The fraction of sp³-hybridized carbons (Fsp3) is 0.138. The van der Waals surface area contributed by atoms with Crippen LogP contribution in [0.4, 0.5) is 0 Å². The van der Waals surface area contributed by atoms with Gasteiger partial charge >= 0.3 is 0 Å². The van der Waals surface area contributed by atoms with Gasteiger partial charge in [0, 0.05) is 17.8 Å². The van der Waals surface area contributed by atoms with Crippen molar-refractivity contribution >= 4 is 32.6 Å². The zero-order chi connectivity index (χ0) is 22.3. The molecule has 0 bridgehead atoms. The molecule has 3 heterocycles. The standard InChI is InChI=1S/C18H16.C8H6N2.C3H3NO/c1-3-7-15-13(5-1)9-11-18-16-8-4-2-6-14(16)10-12-17(15)18;1-3-7-4-2-6-10-8(7)9-5-1;1-2-4-5-3-1/h1,3,5,7,9-12H,2,4,6,8H2;1-6H;1-3H. The Bertz CT molecular complexity index is 1390. The fourth-order valence-electron chi connectivity index (χ4n) is 4.43. The summed E-state index contributed by atoms with van der Waals surface area (Å²) >= 11 is 0. The van der Waals surface area contributed by atoms with Crippen LogP contribution in [0.1, 0.15) is 24.0 Å². The molecule has 0 atom stereocenters. The summed E-state index contributed by atoms with van der Waals surface area (Å²) in [6.07, 6.45) is 11.8. The number of rotatable bonds is 0. The number of fused-ring (bicyclic) bond motifs is 6. The first-order valence-corrected chi connectivity index (χ1v) is 11.3. The van der Waals surface area contributed by atoms with Crippen molar-refractivity contribution in [1.82, 2.24) is 15.1 Å². The van der Waals surface area contributed by atoms with Crippen LogP contribution in [0, 0.1) is 0 Å². The monoisotopic (exact) mass is 431 g/mol. The molecular formula is C29H25N3O. The van der Waals surface area contributed by atoms with E-state index in [1.165, 1.54) is 53.5 Å². The van der Waals surface area contributed by atoms with Crippen LogP contribution in [0.2, 0.25) is 0 Å². The Kier molecular flexibility index (Phi) is 6.34. The fourth-order valence-corrected chi connectivity index (χ4v) is 4.43. The highest BCUT2D eigenvalue weighted by atomic mass is 16.5. The maximum absolute atomic E-state index is 4.33. The maximum Gasteiger partial charge on any atom is 0.159 e. The lowest BCUT2D eigenvalue weighted by atomic mass is 9.86. The Morgan fingerprint density at radius 3 is 2.06 bits per heavy atom. The summed E-state index contributed by atoms with van der Waals surface area (Å²) in [5.74, 6) is 0. The summed E-state index contributed by atoms with van der Waals surface area (Å²) in [6, 6.07) is 27.5. The topological polar surface area (TPSA) is 51.8 Å². The Hall–Kier alpha value is -4.05. The highest BCUT2D eigenvalue weighted by Crippen LogP contribution is 2.33. The molecule has 0 amide bonds. The lowest BCUT2D eigenvalue weighted by Gasteiger charge is -2.18. The normalized spacial score (nSPS) is 12.4. The summed E-state index contributed by atoms with van der Waals surface area (Å²) in [5, 5.41) is 10.1. The van der Waals surface area contributed by atoms with Crippen LogP contribution >= 0.6 is 0 Å². The number of aryl methyl sites for hydroxylation is 2. The first kappa shape index (κ1) is 20.8. The quantitative estimate of drug-likeness (QED) is 0.239. The van der Waals surface area contributed by atoms with Gasteiger partial charge in [0.2, 0.25) is 0 Å². The van der Waals surface area contributed by atoms with Crippen LogP contribution in [0.5, 0.6) is 0 Å². The van der Waals surface area contributed by atoms with Crippen molar-refractivity contribution in [2.24, 2.45) is 0 Å². The number of pyridine rings is 2. The molecule has 4 heteroatoms. The molecule has 0 N–H and O–H groups in total. The molecule has 3 aromatic heterocycles. The molecule has 0 radical (unpaired) electrons. The molecular weight excluding hydrogens is 406 g/mol. The van der Waals surface area contributed by atoms with Gasteiger partial charge in [0.1, 0.15) is 6.26 Å². The van der Waals surface area contributed by atoms with Crippen molar-refractivity contribution in [3.05, 3.63) is 115 Å². The van der Waals surface area contributed by atoms with Gasteiger partial charge in [-0.15, -0.1) is 0 Å². The Balaban J connectivity index is 0.000000127. The molecule has 0 fully saturated rings. The average Bonchev–Trinajstić information content (AvgIpc) is 3.49. The Labute approximate surface area is 192 Å². The Morgan fingerprint density at radius 2 is 1.33 bits per heavy atom. The van der Waals surface area contributed by atoms with Crippen molar-refractivity contribution in [3.8, 4) is 0 Å². The van der Waals surface area contributed by atoms with E-state index in [0.717, 1.165) is 11.0 Å². The van der Waals surface area contributed by atoms with E-state index in [-0.39, 0.29) is 0 Å². The van der Waals surface area contributed by atoms with E-state index in [9.17, 15) is 0 Å². The molecule has 7 rings (SSSR count). The third-order valence-corrected chi connectivity index (χ3v) is 5.98. The smallest absolute Gasteiger partial charge is 0.159 e. The van der Waals surface area contributed by atoms with Gasteiger partial charge in [-0.25, -0.2) is 9.97 Å². The molecule has 0 saturated heterocycles. The molecule has 6 aromatic rings. The van der Waals surface area contributed by atoms with E-state index in [0.29, 0.717) is 0 Å². The third-order valence-electron chi connectivity index (χ3n) is 5.98. The van der Waals surface area contributed by atoms with Crippen molar-refractivity contribution in [2.45, 2.75) is 25.7 Å². The maximum atomic E-state index is 4.33. The highest BCUT2D eigenvalue weighted by Gasteiger charge is 2.13. The summed E-state index contributed by atoms with van der Waals surface area (Å²) in [7, 11) is 0. The summed E-state index contributed by atoms with van der Waals surface area (Å²) in [4.78, 5) is 8.14. The third kappa shape index (κ3) is 4.75.